The maximum absolute atomic E-state index is 11.9. The van der Waals surface area contributed by atoms with Gasteiger partial charge in [-0.2, -0.15) is 5.10 Å². The van der Waals surface area contributed by atoms with Gasteiger partial charge in [-0.25, -0.2) is 5.43 Å². The van der Waals surface area contributed by atoms with Crippen LogP contribution in [0, 0.1) is 6.92 Å². The highest BCUT2D eigenvalue weighted by Gasteiger charge is 2.08. The molecule has 148 valence electrons. The van der Waals surface area contributed by atoms with E-state index >= 15 is 0 Å². The van der Waals surface area contributed by atoms with Gasteiger partial charge in [-0.05, 0) is 48.4 Å². The summed E-state index contributed by atoms with van der Waals surface area (Å²) in [6, 6.07) is 10.5. The molecule has 0 saturated heterocycles. The standard InChI is InChI=1S/C20H22ClN3O4/c1-13-4-6-15(11-16(13)21)23-19(25)8-9-20(26)24-22-12-14-5-7-17(27-2)18(10-14)28-3/h4-7,10-12H,8-9H2,1-3H3,(H,23,25)(H,24,26). The van der Waals surface area contributed by atoms with Gasteiger partial charge < -0.3 is 14.8 Å². The summed E-state index contributed by atoms with van der Waals surface area (Å²) in [6.45, 7) is 1.88. The number of carbonyl (C=O) groups excluding carboxylic acids is 2. The van der Waals surface area contributed by atoms with E-state index in [-0.39, 0.29) is 24.7 Å². The Morgan fingerprint density at radius 1 is 1.04 bits per heavy atom. The fraction of sp³-hybridized carbons (Fsp3) is 0.250. The van der Waals surface area contributed by atoms with Crippen molar-refractivity contribution in [3.05, 3.63) is 52.5 Å². The molecule has 8 heteroatoms. The topological polar surface area (TPSA) is 89.0 Å². The molecule has 28 heavy (non-hydrogen) atoms. The van der Waals surface area contributed by atoms with Crippen molar-refractivity contribution < 1.29 is 19.1 Å². The number of benzene rings is 2. The average Bonchev–Trinajstić information content (AvgIpc) is 2.69. The number of carbonyl (C=O) groups is 2. The second-order valence-corrected chi connectivity index (χ2v) is 6.33. The van der Waals surface area contributed by atoms with Gasteiger partial charge in [0, 0.05) is 23.6 Å². The van der Waals surface area contributed by atoms with Crippen molar-refractivity contribution in [1.82, 2.24) is 5.43 Å². The van der Waals surface area contributed by atoms with Crippen LogP contribution in [0.3, 0.4) is 0 Å². The second kappa shape index (κ2) is 10.3. The molecule has 0 unspecified atom stereocenters. The van der Waals surface area contributed by atoms with E-state index in [1.54, 1.807) is 37.4 Å². The van der Waals surface area contributed by atoms with E-state index in [0.717, 1.165) is 11.1 Å². The number of methoxy groups -OCH3 is 2. The Morgan fingerprint density at radius 3 is 2.43 bits per heavy atom. The Hall–Kier alpha value is -3.06. The minimum atomic E-state index is -0.367. The Labute approximate surface area is 168 Å². The van der Waals surface area contributed by atoms with Crippen molar-refractivity contribution in [2.75, 3.05) is 19.5 Å². The number of nitrogens with zero attached hydrogens (tertiary/aromatic N) is 1. The number of ether oxygens (including phenoxy) is 2. The van der Waals surface area contributed by atoms with Crippen LogP contribution in [0.4, 0.5) is 5.69 Å². The molecule has 0 spiro atoms. The molecule has 0 atom stereocenters. The van der Waals surface area contributed by atoms with Crippen LogP contribution in [0.2, 0.25) is 5.02 Å². The largest absolute Gasteiger partial charge is 0.493 e. The van der Waals surface area contributed by atoms with Gasteiger partial charge in [-0.15, -0.1) is 0 Å². The van der Waals surface area contributed by atoms with Crippen molar-refractivity contribution in [3.8, 4) is 11.5 Å². The number of aryl methyl sites for hydroxylation is 1. The number of nitrogens with one attached hydrogen (secondary N) is 2. The molecule has 0 aromatic heterocycles. The van der Waals surface area contributed by atoms with Crippen LogP contribution in [0.5, 0.6) is 11.5 Å². The third kappa shape index (κ3) is 6.28. The van der Waals surface area contributed by atoms with Crippen LogP contribution < -0.4 is 20.2 Å². The average molecular weight is 404 g/mol. The number of hydrazone groups is 1. The number of hydrogen-bond acceptors (Lipinski definition) is 5. The first-order chi connectivity index (χ1) is 13.4. The fourth-order valence-corrected chi connectivity index (χ4v) is 2.47. The van der Waals surface area contributed by atoms with E-state index in [0.29, 0.717) is 22.2 Å². The molecule has 0 heterocycles. The van der Waals surface area contributed by atoms with E-state index in [4.69, 9.17) is 21.1 Å². The molecule has 0 fully saturated rings. The number of amides is 2. The normalized spacial score (nSPS) is 10.6. The van der Waals surface area contributed by atoms with Crippen molar-refractivity contribution in [1.29, 1.82) is 0 Å². The highest BCUT2D eigenvalue weighted by molar-refractivity contribution is 6.31. The number of halogens is 1. The Morgan fingerprint density at radius 2 is 1.75 bits per heavy atom. The quantitative estimate of drug-likeness (QED) is 0.521. The predicted octanol–water partition coefficient (Wildman–Crippen LogP) is 3.53. The minimum absolute atomic E-state index is 0.00863. The SMILES string of the molecule is COc1ccc(C=NNC(=O)CCC(=O)Nc2ccc(C)c(Cl)c2)cc1OC. The van der Waals surface area contributed by atoms with Gasteiger partial charge in [0.2, 0.25) is 11.8 Å². The minimum Gasteiger partial charge on any atom is -0.493 e. The first kappa shape index (κ1) is 21.2. The molecule has 2 N–H and O–H groups in total. The van der Waals surface area contributed by atoms with Crippen molar-refractivity contribution in [3.63, 3.8) is 0 Å². The fourth-order valence-electron chi connectivity index (χ4n) is 2.29. The Kier molecular flexibility index (Phi) is 7.83. The highest BCUT2D eigenvalue weighted by atomic mass is 35.5. The molecule has 0 saturated carbocycles. The number of rotatable bonds is 8. The molecule has 0 bridgehead atoms. The molecule has 2 aromatic carbocycles. The maximum atomic E-state index is 11.9. The van der Waals surface area contributed by atoms with Crippen molar-refractivity contribution in [2.45, 2.75) is 19.8 Å². The first-order valence-corrected chi connectivity index (χ1v) is 8.90. The van der Waals surface area contributed by atoms with E-state index < -0.39 is 0 Å². The third-order valence-electron chi connectivity index (χ3n) is 3.85. The molecule has 2 rings (SSSR count). The van der Waals surface area contributed by atoms with Crippen LogP contribution in [0.1, 0.15) is 24.0 Å². The van der Waals surface area contributed by atoms with Crippen LogP contribution in [0.15, 0.2) is 41.5 Å². The lowest BCUT2D eigenvalue weighted by molar-refractivity contribution is -0.124. The van der Waals surface area contributed by atoms with Gasteiger partial charge in [0.25, 0.3) is 0 Å². The summed E-state index contributed by atoms with van der Waals surface area (Å²) >= 11 is 6.02. The van der Waals surface area contributed by atoms with Crippen LogP contribution in [-0.4, -0.2) is 32.2 Å². The van der Waals surface area contributed by atoms with Crippen LogP contribution in [0.25, 0.3) is 0 Å². The molecular formula is C20H22ClN3O4. The second-order valence-electron chi connectivity index (χ2n) is 5.92. The van der Waals surface area contributed by atoms with Crippen LogP contribution in [-0.2, 0) is 9.59 Å². The zero-order chi connectivity index (χ0) is 20.5. The lowest BCUT2D eigenvalue weighted by atomic mass is 10.2. The molecular weight excluding hydrogens is 382 g/mol. The number of hydrogen-bond donors (Lipinski definition) is 2. The van der Waals surface area contributed by atoms with Gasteiger partial charge in [0.05, 0.1) is 20.4 Å². The van der Waals surface area contributed by atoms with E-state index in [1.807, 2.05) is 13.0 Å². The molecule has 0 radical (unpaired) electrons. The van der Waals surface area contributed by atoms with Crippen molar-refractivity contribution >= 4 is 35.3 Å². The summed E-state index contributed by atoms with van der Waals surface area (Å²) < 4.78 is 10.4. The van der Waals surface area contributed by atoms with Gasteiger partial charge in [-0.1, -0.05) is 17.7 Å². The maximum Gasteiger partial charge on any atom is 0.240 e. The molecule has 7 nitrogen and oxygen atoms in total. The molecule has 0 aliphatic rings. The zero-order valence-electron chi connectivity index (χ0n) is 15.9. The van der Waals surface area contributed by atoms with Gasteiger partial charge in [0.15, 0.2) is 11.5 Å². The third-order valence-corrected chi connectivity index (χ3v) is 4.25. The highest BCUT2D eigenvalue weighted by Crippen LogP contribution is 2.26. The monoisotopic (exact) mass is 403 g/mol. The molecule has 0 aliphatic heterocycles. The van der Waals surface area contributed by atoms with E-state index in [2.05, 4.69) is 15.8 Å². The predicted molar refractivity (Wildman–Crippen MR) is 109 cm³/mol. The summed E-state index contributed by atoms with van der Waals surface area (Å²) in [5.74, 6) is 0.517. The van der Waals surface area contributed by atoms with Crippen LogP contribution >= 0.6 is 11.6 Å². The summed E-state index contributed by atoms with van der Waals surface area (Å²) in [5, 5.41) is 7.16. The number of anilines is 1. The van der Waals surface area contributed by atoms with E-state index in [9.17, 15) is 9.59 Å². The summed E-state index contributed by atoms with van der Waals surface area (Å²) in [6.07, 6.45) is 1.52. The smallest absolute Gasteiger partial charge is 0.240 e. The Balaban J connectivity index is 1.79. The van der Waals surface area contributed by atoms with Gasteiger partial charge in [-0.3, -0.25) is 9.59 Å². The van der Waals surface area contributed by atoms with Gasteiger partial charge >= 0.3 is 0 Å². The summed E-state index contributed by atoms with van der Waals surface area (Å²) in [5.41, 5.74) is 4.63. The lowest BCUT2D eigenvalue weighted by Gasteiger charge is -2.07. The van der Waals surface area contributed by atoms with E-state index in [1.165, 1.54) is 13.3 Å². The molecule has 2 aromatic rings. The summed E-state index contributed by atoms with van der Waals surface area (Å²) in [7, 11) is 3.09. The molecule has 2 amide bonds. The Bertz CT molecular complexity index is 884. The summed E-state index contributed by atoms with van der Waals surface area (Å²) in [4.78, 5) is 23.8. The molecule has 0 aliphatic carbocycles. The zero-order valence-corrected chi connectivity index (χ0v) is 16.7. The van der Waals surface area contributed by atoms with Crippen molar-refractivity contribution in [2.24, 2.45) is 5.10 Å². The first-order valence-electron chi connectivity index (χ1n) is 8.53. The lowest BCUT2D eigenvalue weighted by Crippen LogP contribution is -2.20. The van der Waals surface area contributed by atoms with Gasteiger partial charge in [0.1, 0.15) is 0 Å².